The summed E-state index contributed by atoms with van der Waals surface area (Å²) in [4.78, 5) is 15.7. The van der Waals surface area contributed by atoms with Gasteiger partial charge in [0, 0.05) is 24.6 Å². The maximum atomic E-state index is 11.7. The molecule has 2 heterocycles. The van der Waals surface area contributed by atoms with Gasteiger partial charge >= 0.3 is 5.97 Å². The van der Waals surface area contributed by atoms with E-state index in [0.717, 1.165) is 11.3 Å². The van der Waals surface area contributed by atoms with Crippen LogP contribution in [0.2, 0.25) is 0 Å². The van der Waals surface area contributed by atoms with Crippen LogP contribution in [-0.2, 0) is 16.0 Å². The molecule has 1 aromatic heterocycles. The number of hydrogen-bond donors (Lipinski definition) is 2. The van der Waals surface area contributed by atoms with Gasteiger partial charge in [-0.2, -0.15) is 0 Å². The number of carbonyl (C=O) groups excluding carboxylic acids is 1. The number of pyridine rings is 1. The fraction of sp³-hybridized carbons (Fsp3) is 0.455. The van der Waals surface area contributed by atoms with Gasteiger partial charge in [0.1, 0.15) is 6.04 Å². The molecule has 2 rings (SSSR count). The largest absolute Gasteiger partial charge is 0.493 e. The van der Waals surface area contributed by atoms with Crippen molar-refractivity contribution in [2.45, 2.75) is 19.4 Å². The lowest BCUT2D eigenvalue weighted by atomic mass is 9.99. The molecule has 0 spiro atoms. The van der Waals surface area contributed by atoms with Gasteiger partial charge in [-0.15, -0.1) is 0 Å². The Balaban J connectivity index is 2.29. The van der Waals surface area contributed by atoms with E-state index in [9.17, 15) is 9.90 Å². The average Bonchev–Trinajstić information content (AvgIpc) is 2.28. The molecule has 0 fully saturated rings. The van der Waals surface area contributed by atoms with Crippen molar-refractivity contribution in [3.05, 3.63) is 23.4 Å². The highest BCUT2D eigenvalue weighted by molar-refractivity contribution is 5.78. The molecular weight excluding hydrogens is 208 g/mol. The second kappa shape index (κ2) is 4.49. The van der Waals surface area contributed by atoms with Crippen LogP contribution in [0.5, 0.6) is 5.88 Å². The topological polar surface area (TPSA) is 71.5 Å². The first-order valence-electron chi connectivity index (χ1n) is 5.31. The van der Waals surface area contributed by atoms with E-state index in [1.807, 2.05) is 0 Å². The SMILES string of the molecule is CCOC(=O)C1NCCc2nc(O)ccc21. The Bertz CT molecular complexity index is 406. The minimum Gasteiger partial charge on any atom is -0.493 e. The van der Waals surface area contributed by atoms with E-state index < -0.39 is 6.04 Å². The number of aromatic nitrogens is 1. The smallest absolute Gasteiger partial charge is 0.327 e. The van der Waals surface area contributed by atoms with Crippen molar-refractivity contribution >= 4 is 5.97 Å². The van der Waals surface area contributed by atoms with Crippen molar-refractivity contribution in [2.24, 2.45) is 0 Å². The van der Waals surface area contributed by atoms with E-state index in [2.05, 4.69) is 10.3 Å². The molecule has 1 aliphatic rings. The second-order valence-electron chi connectivity index (χ2n) is 3.59. The van der Waals surface area contributed by atoms with E-state index in [0.29, 0.717) is 19.6 Å². The molecule has 0 bridgehead atoms. The summed E-state index contributed by atoms with van der Waals surface area (Å²) in [6.07, 6.45) is 0.708. The Hall–Kier alpha value is -1.62. The summed E-state index contributed by atoms with van der Waals surface area (Å²) in [5.41, 5.74) is 1.55. The predicted octanol–water partition coefficient (Wildman–Crippen LogP) is 0.537. The van der Waals surface area contributed by atoms with Crippen molar-refractivity contribution in [1.82, 2.24) is 10.3 Å². The molecule has 5 nitrogen and oxygen atoms in total. The second-order valence-corrected chi connectivity index (χ2v) is 3.59. The van der Waals surface area contributed by atoms with Gasteiger partial charge in [0.25, 0.3) is 0 Å². The first kappa shape index (κ1) is 10.9. The first-order chi connectivity index (χ1) is 7.72. The lowest BCUT2D eigenvalue weighted by Gasteiger charge is -2.24. The number of ether oxygens (including phenoxy) is 1. The highest BCUT2D eigenvalue weighted by atomic mass is 16.5. The third-order valence-electron chi connectivity index (χ3n) is 2.54. The van der Waals surface area contributed by atoms with E-state index >= 15 is 0 Å². The van der Waals surface area contributed by atoms with Crippen LogP contribution in [0.4, 0.5) is 0 Å². The number of nitrogens with one attached hydrogen (secondary N) is 1. The van der Waals surface area contributed by atoms with Crippen molar-refractivity contribution < 1.29 is 14.6 Å². The molecule has 1 atom stereocenters. The molecule has 0 saturated heterocycles. The van der Waals surface area contributed by atoms with Gasteiger partial charge in [0.05, 0.1) is 12.3 Å². The summed E-state index contributed by atoms with van der Waals surface area (Å²) in [6, 6.07) is 2.74. The maximum absolute atomic E-state index is 11.7. The molecule has 0 aliphatic carbocycles. The molecule has 1 aliphatic heterocycles. The van der Waals surface area contributed by atoms with Crippen LogP contribution in [0.25, 0.3) is 0 Å². The summed E-state index contributed by atoms with van der Waals surface area (Å²) in [6.45, 7) is 2.79. The van der Waals surface area contributed by atoms with Crippen LogP contribution in [-0.4, -0.2) is 29.2 Å². The number of fused-ring (bicyclic) bond motifs is 1. The van der Waals surface area contributed by atoms with Crippen molar-refractivity contribution in [1.29, 1.82) is 0 Å². The Kier molecular flexibility index (Phi) is 3.05. The van der Waals surface area contributed by atoms with Gasteiger partial charge in [-0.3, -0.25) is 0 Å². The van der Waals surface area contributed by atoms with E-state index in [-0.39, 0.29) is 11.8 Å². The first-order valence-corrected chi connectivity index (χ1v) is 5.31. The number of nitrogens with zero attached hydrogens (tertiary/aromatic N) is 1. The van der Waals surface area contributed by atoms with Crippen LogP contribution in [0.15, 0.2) is 12.1 Å². The van der Waals surface area contributed by atoms with Gasteiger partial charge in [-0.25, -0.2) is 9.78 Å². The molecular formula is C11H14N2O3. The molecule has 0 aromatic carbocycles. The third kappa shape index (κ3) is 1.99. The Morgan fingerprint density at radius 3 is 3.25 bits per heavy atom. The minimum atomic E-state index is -0.461. The fourth-order valence-corrected chi connectivity index (χ4v) is 1.84. The summed E-state index contributed by atoms with van der Waals surface area (Å²) in [7, 11) is 0. The molecule has 0 radical (unpaired) electrons. The molecule has 5 heteroatoms. The molecule has 2 N–H and O–H groups in total. The van der Waals surface area contributed by atoms with Crippen molar-refractivity contribution in [2.75, 3.05) is 13.2 Å². The number of esters is 1. The Morgan fingerprint density at radius 1 is 1.69 bits per heavy atom. The summed E-state index contributed by atoms with van der Waals surface area (Å²) >= 11 is 0. The molecule has 16 heavy (non-hydrogen) atoms. The summed E-state index contributed by atoms with van der Waals surface area (Å²) in [5, 5.41) is 12.4. The summed E-state index contributed by atoms with van der Waals surface area (Å²) < 4.78 is 4.98. The number of rotatable bonds is 2. The third-order valence-corrected chi connectivity index (χ3v) is 2.54. The molecule has 1 aromatic rings. The zero-order valence-corrected chi connectivity index (χ0v) is 9.06. The number of carbonyl (C=O) groups is 1. The van der Waals surface area contributed by atoms with Crippen LogP contribution in [0.3, 0.4) is 0 Å². The highest BCUT2D eigenvalue weighted by Crippen LogP contribution is 2.24. The maximum Gasteiger partial charge on any atom is 0.327 e. The Morgan fingerprint density at radius 2 is 2.50 bits per heavy atom. The highest BCUT2D eigenvalue weighted by Gasteiger charge is 2.28. The normalized spacial score (nSPS) is 18.9. The van der Waals surface area contributed by atoms with Gasteiger partial charge in [-0.05, 0) is 13.0 Å². The lowest BCUT2D eigenvalue weighted by molar-refractivity contribution is -0.146. The molecule has 86 valence electrons. The average molecular weight is 222 g/mol. The zero-order chi connectivity index (χ0) is 11.5. The zero-order valence-electron chi connectivity index (χ0n) is 9.06. The van der Waals surface area contributed by atoms with E-state index in [4.69, 9.17) is 4.74 Å². The minimum absolute atomic E-state index is 0.0109. The molecule has 1 unspecified atom stereocenters. The lowest BCUT2D eigenvalue weighted by Crippen LogP contribution is -2.36. The fourth-order valence-electron chi connectivity index (χ4n) is 1.84. The Labute approximate surface area is 93.5 Å². The number of hydrogen-bond acceptors (Lipinski definition) is 5. The van der Waals surface area contributed by atoms with E-state index in [1.54, 1.807) is 13.0 Å². The van der Waals surface area contributed by atoms with Gasteiger partial charge in [-0.1, -0.05) is 0 Å². The standard InChI is InChI=1S/C11H14N2O3/c1-2-16-11(15)10-7-3-4-9(14)13-8(7)5-6-12-10/h3-4,10,12H,2,5-6H2,1H3,(H,13,14). The molecule has 0 amide bonds. The quantitative estimate of drug-likeness (QED) is 0.714. The van der Waals surface area contributed by atoms with Crippen LogP contribution in [0.1, 0.15) is 24.2 Å². The van der Waals surface area contributed by atoms with E-state index in [1.165, 1.54) is 6.07 Å². The van der Waals surface area contributed by atoms with Crippen molar-refractivity contribution in [3.8, 4) is 5.88 Å². The van der Waals surface area contributed by atoms with Crippen molar-refractivity contribution in [3.63, 3.8) is 0 Å². The van der Waals surface area contributed by atoms with Crippen LogP contribution >= 0.6 is 0 Å². The van der Waals surface area contributed by atoms with Gasteiger partial charge in [0.15, 0.2) is 0 Å². The van der Waals surface area contributed by atoms with Gasteiger partial charge in [0.2, 0.25) is 5.88 Å². The van der Waals surface area contributed by atoms with Gasteiger partial charge < -0.3 is 15.2 Å². The monoisotopic (exact) mass is 222 g/mol. The summed E-state index contributed by atoms with van der Waals surface area (Å²) in [5.74, 6) is -0.306. The van der Waals surface area contributed by atoms with Crippen LogP contribution < -0.4 is 5.32 Å². The van der Waals surface area contributed by atoms with Crippen LogP contribution in [0, 0.1) is 0 Å². The molecule has 0 saturated carbocycles. The number of aromatic hydroxyl groups is 1. The predicted molar refractivity (Wildman–Crippen MR) is 57.0 cm³/mol.